The maximum absolute atomic E-state index is 6.29. The molecule has 5 aliphatic rings. The molecule has 4 atom stereocenters. The molecule has 0 radical (unpaired) electrons. The van der Waals surface area contributed by atoms with E-state index in [-0.39, 0.29) is 6.10 Å². The van der Waals surface area contributed by atoms with Crippen LogP contribution in [0.2, 0.25) is 0 Å². The quantitative estimate of drug-likeness (QED) is 0.553. The summed E-state index contributed by atoms with van der Waals surface area (Å²) in [5.74, 6) is 1.16. The van der Waals surface area contributed by atoms with Gasteiger partial charge in [0.05, 0.1) is 12.2 Å². The van der Waals surface area contributed by atoms with Crippen LogP contribution in [0.4, 0.5) is 0 Å². The number of rotatable bonds is 2. The lowest BCUT2D eigenvalue weighted by Gasteiger charge is -2.24. The molecule has 1 saturated heterocycles. The SMILES string of the molecule is C1=CC(c2ccc3c4c([nH]c3c2)CC(C2=CC3C(C=C2)OC2C=CCCC23)=C4)=CCC1. The summed E-state index contributed by atoms with van der Waals surface area (Å²) < 4.78 is 6.29. The summed E-state index contributed by atoms with van der Waals surface area (Å²) in [4.78, 5) is 3.73. The fourth-order valence-electron chi connectivity index (χ4n) is 6.15. The second kappa shape index (κ2) is 6.83. The maximum atomic E-state index is 6.29. The van der Waals surface area contributed by atoms with Crippen molar-refractivity contribution in [1.29, 1.82) is 0 Å². The molecule has 0 saturated carbocycles. The molecule has 1 aromatic carbocycles. The number of hydrogen-bond acceptors (Lipinski definition) is 1. The van der Waals surface area contributed by atoms with Crippen molar-refractivity contribution in [3.05, 3.63) is 94.8 Å². The highest BCUT2D eigenvalue weighted by atomic mass is 16.5. The Morgan fingerprint density at radius 1 is 0.935 bits per heavy atom. The summed E-state index contributed by atoms with van der Waals surface area (Å²) in [5.41, 5.74) is 9.48. The molecular weight excluding hydrogens is 378 g/mol. The molecular formula is C29H27NO. The summed E-state index contributed by atoms with van der Waals surface area (Å²) in [6.45, 7) is 0. The van der Waals surface area contributed by atoms with Crippen molar-refractivity contribution in [3.8, 4) is 0 Å². The third-order valence-corrected chi connectivity index (χ3v) is 7.75. The molecule has 1 aromatic heterocycles. The monoisotopic (exact) mass is 405 g/mol. The molecule has 0 amide bonds. The lowest BCUT2D eigenvalue weighted by molar-refractivity contribution is 0.0823. The van der Waals surface area contributed by atoms with E-state index in [0.717, 1.165) is 19.3 Å². The lowest BCUT2D eigenvalue weighted by Crippen LogP contribution is -2.22. The van der Waals surface area contributed by atoms with E-state index in [2.05, 4.69) is 77.9 Å². The van der Waals surface area contributed by atoms with Gasteiger partial charge in [0.15, 0.2) is 0 Å². The minimum atomic E-state index is 0.253. The lowest BCUT2D eigenvalue weighted by atomic mass is 9.78. The predicted octanol–water partition coefficient (Wildman–Crippen LogP) is 6.69. The Labute approximate surface area is 183 Å². The fraction of sp³-hybridized carbons (Fsp3) is 0.310. The second-order valence-corrected chi connectivity index (χ2v) is 9.56. The molecule has 1 fully saturated rings. The number of allylic oxidation sites excluding steroid dienone is 8. The highest BCUT2D eigenvalue weighted by molar-refractivity contribution is 5.96. The number of aromatic nitrogens is 1. The number of benzene rings is 1. The smallest absolute Gasteiger partial charge is 0.0833 e. The van der Waals surface area contributed by atoms with Crippen LogP contribution in [0.1, 0.15) is 42.5 Å². The van der Waals surface area contributed by atoms with Gasteiger partial charge in [0.25, 0.3) is 0 Å². The highest BCUT2D eigenvalue weighted by Gasteiger charge is 2.42. The van der Waals surface area contributed by atoms with Gasteiger partial charge in [-0.3, -0.25) is 0 Å². The fourth-order valence-corrected chi connectivity index (χ4v) is 6.15. The molecule has 7 rings (SSSR count). The average Bonchev–Trinajstić information content (AvgIpc) is 3.49. The minimum absolute atomic E-state index is 0.253. The molecule has 1 aliphatic heterocycles. The first-order valence-electron chi connectivity index (χ1n) is 11.8. The van der Waals surface area contributed by atoms with E-state index < -0.39 is 0 Å². The van der Waals surface area contributed by atoms with Crippen LogP contribution in [0.5, 0.6) is 0 Å². The zero-order valence-electron chi connectivity index (χ0n) is 17.7. The molecule has 1 N–H and O–H groups in total. The Kier molecular flexibility index (Phi) is 3.92. The predicted molar refractivity (Wildman–Crippen MR) is 128 cm³/mol. The van der Waals surface area contributed by atoms with Crippen LogP contribution in [0.15, 0.2) is 78.0 Å². The van der Waals surface area contributed by atoms with E-state index in [1.807, 2.05) is 0 Å². The van der Waals surface area contributed by atoms with Gasteiger partial charge >= 0.3 is 0 Å². The number of H-pyrrole nitrogens is 1. The summed E-state index contributed by atoms with van der Waals surface area (Å²) in [6.07, 6.45) is 27.3. The van der Waals surface area contributed by atoms with Crippen molar-refractivity contribution in [2.45, 2.75) is 44.3 Å². The minimum Gasteiger partial charge on any atom is -0.366 e. The van der Waals surface area contributed by atoms with Gasteiger partial charge in [-0.1, -0.05) is 60.7 Å². The van der Waals surface area contributed by atoms with Crippen molar-refractivity contribution in [1.82, 2.24) is 4.98 Å². The molecule has 4 aliphatic carbocycles. The Balaban J connectivity index is 1.20. The van der Waals surface area contributed by atoms with Gasteiger partial charge in [0, 0.05) is 34.5 Å². The average molecular weight is 406 g/mol. The van der Waals surface area contributed by atoms with Crippen molar-refractivity contribution in [2.24, 2.45) is 11.8 Å². The normalized spacial score (nSPS) is 30.6. The Morgan fingerprint density at radius 3 is 2.87 bits per heavy atom. The van der Waals surface area contributed by atoms with Gasteiger partial charge in [-0.2, -0.15) is 0 Å². The van der Waals surface area contributed by atoms with Gasteiger partial charge in [0.2, 0.25) is 0 Å². The van der Waals surface area contributed by atoms with Crippen LogP contribution in [-0.2, 0) is 11.2 Å². The standard InChI is InChI=1S/C29H27NO/c1-2-6-18(7-3-1)20-10-12-22-24-15-21(17-27(24)30-26(22)16-20)19-11-13-29-25(14-19)23-8-4-5-9-28(23)31-29/h2,5-7,9-16,23,25,28-30H,1,3-4,8,17H2. The Hall–Kier alpha value is -2.84. The number of aromatic amines is 1. The van der Waals surface area contributed by atoms with E-state index in [1.165, 1.54) is 57.3 Å². The van der Waals surface area contributed by atoms with Gasteiger partial charge in [-0.15, -0.1) is 0 Å². The largest absolute Gasteiger partial charge is 0.366 e. The molecule has 0 spiro atoms. The second-order valence-electron chi connectivity index (χ2n) is 9.56. The van der Waals surface area contributed by atoms with Crippen LogP contribution in [0.3, 0.4) is 0 Å². The third-order valence-electron chi connectivity index (χ3n) is 7.75. The summed E-state index contributed by atoms with van der Waals surface area (Å²) in [7, 11) is 0. The first-order chi connectivity index (χ1) is 15.3. The number of fused-ring (bicyclic) bond motifs is 6. The van der Waals surface area contributed by atoms with Crippen LogP contribution in [0, 0.1) is 11.8 Å². The zero-order valence-corrected chi connectivity index (χ0v) is 17.7. The van der Waals surface area contributed by atoms with Crippen LogP contribution >= 0.6 is 0 Å². The first kappa shape index (κ1) is 17.8. The van der Waals surface area contributed by atoms with Crippen LogP contribution in [-0.4, -0.2) is 17.2 Å². The summed E-state index contributed by atoms with van der Waals surface area (Å²) >= 11 is 0. The van der Waals surface area contributed by atoms with Crippen molar-refractivity contribution < 1.29 is 4.74 Å². The molecule has 154 valence electrons. The van der Waals surface area contributed by atoms with Gasteiger partial charge in [0.1, 0.15) is 0 Å². The number of hydrogen-bond donors (Lipinski definition) is 1. The Morgan fingerprint density at radius 2 is 1.94 bits per heavy atom. The van der Waals surface area contributed by atoms with E-state index >= 15 is 0 Å². The Bertz CT molecular complexity index is 1260. The molecule has 2 heterocycles. The van der Waals surface area contributed by atoms with Crippen LogP contribution in [0.25, 0.3) is 22.6 Å². The van der Waals surface area contributed by atoms with E-state index in [9.17, 15) is 0 Å². The molecule has 4 unspecified atom stereocenters. The van der Waals surface area contributed by atoms with Crippen LogP contribution < -0.4 is 0 Å². The van der Waals surface area contributed by atoms with E-state index in [1.54, 1.807) is 0 Å². The topological polar surface area (TPSA) is 25.0 Å². The van der Waals surface area contributed by atoms with E-state index in [0.29, 0.717) is 17.9 Å². The molecule has 2 aromatic rings. The summed E-state index contributed by atoms with van der Waals surface area (Å²) in [5, 5.41) is 1.34. The first-order valence-corrected chi connectivity index (χ1v) is 11.8. The summed E-state index contributed by atoms with van der Waals surface area (Å²) in [6, 6.07) is 6.90. The van der Waals surface area contributed by atoms with Gasteiger partial charge < -0.3 is 9.72 Å². The zero-order chi connectivity index (χ0) is 20.4. The van der Waals surface area contributed by atoms with Crippen molar-refractivity contribution in [3.63, 3.8) is 0 Å². The van der Waals surface area contributed by atoms with E-state index in [4.69, 9.17) is 4.74 Å². The maximum Gasteiger partial charge on any atom is 0.0833 e. The highest BCUT2D eigenvalue weighted by Crippen LogP contribution is 2.45. The molecule has 31 heavy (non-hydrogen) atoms. The molecule has 0 bridgehead atoms. The molecule has 2 heteroatoms. The van der Waals surface area contributed by atoms with Crippen molar-refractivity contribution >= 4 is 22.6 Å². The third kappa shape index (κ3) is 2.81. The van der Waals surface area contributed by atoms with Crippen molar-refractivity contribution in [2.75, 3.05) is 0 Å². The number of ether oxygens (including phenoxy) is 1. The number of nitrogens with one attached hydrogen (secondary N) is 1. The molecule has 2 nitrogen and oxygen atoms in total. The van der Waals surface area contributed by atoms with Gasteiger partial charge in [-0.25, -0.2) is 0 Å². The van der Waals surface area contributed by atoms with Gasteiger partial charge in [-0.05, 0) is 66.0 Å².